The standard InChI is InChI=1S/C39H51BrN11O2P/c1-8-51-25-28(23-42-51)30-21-34(36(53-5)22-35(30)50-13-11-29(12-14-50)49-17-15-47(3)16-18-49)44-39-41-24-31(40)38(45-39)43-32-10-9-27(20-37(32)54(6,7)52)33-19-26(2)48(4)46-33/h9-10,19-25,29H,8,11-18H2,1-7H3,(H2,41,43,44,45). The van der Waals surface area contributed by atoms with Gasteiger partial charge in [0.25, 0.3) is 0 Å². The van der Waals surface area contributed by atoms with Crippen LogP contribution in [0.2, 0.25) is 0 Å². The second-order valence-corrected chi connectivity index (χ2v) is 18.8. The summed E-state index contributed by atoms with van der Waals surface area (Å²) in [6.45, 7) is 14.9. The number of methoxy groups -OCH3 is 1. The van der Waals surface area contributed by atoms with Gasteiger partial charge in [0.1, 0.15) is 18.7 Å². The molecule has 0 atom stereocenters. The summed E-state index contributed by atoms with van der Waals surface area (Å²) in [5.41, 5.74) is 7.47. The Kier molecular flexibility index (Phi) is 11.2. The molecular weight excluding hydrogens is 765 g/mol. The van der Waals surface area contributed by atoms with E-state index >= 15 is 0 Å². The Balaban J connectivity index is 1.17. The molecule has 15 heteroatoms. The summed E-state index contributed by atoms with van der Waals surface area (Å²) in [5, 5.41) is 16.8. The van der Waals surface area contributed by atoms with Crippen molar-refractivity contribution in [3.8, 4) is 28.1 Å². The number of anilines is 5. The average Bonchev–Trinajstić information content (AvgIpc) is 3.78. The van der Waals surface area contributed by atoms with Crippen molar-refractivity contribution in [2.45, 2.75) is 39.3 Å². The number of halogens is 1. The van der Waals surface area contributed by atoms with Gasteiger partial charge in [-0.25, -0.2) is 4.98 Å². The molecule has 13 nitrogen and oxygen atoms in total. The molecule has 5 heterocycles. The predicted octanol–water partition coefficient (Wildman–Crippen LogP) is 6.79. The number of aromatic nitrogens is 6. The Morgan fingerprint density at radius 3 is 2.35 bits per heavy atom. The Labute approximate surface area is 326 Å². The third-order valence-electron chi connectivity index (χ3n) is 10.7. The lowest BCUT2D eigenvalue weighted by Crippen LogP contribution is -2.52. The maximum Gasteiger partial charge on any atom is 0.229 e. The first-order chi connectivity index (χ1) is 25.9. The van der Waals surface area contributed by atoms with Crippen LogP contribution < -0.4 is 25.6 Å². The van der Waals surface area contributed by atoms with Crippen LogP contribution in [0.15, 0.2) is 59.5 Å². The molecule has 2 saturated heterocycles. The zero-order chi connectivity index (χ0) is 38.1. The van der Waals surface area contributed by atoms with Crippen molar-refractivity contribution in [1.29, 1.82) is 0 Å². The van der Waals surface area contributed by atoms with E-state index in [1.54, 1.807) is 26.6 Å². The minimum Gasteiger partial charge on any atom is -0.494 e. The van der Waals surface area contributed by atoms with E-state index in [1.807, 2.05) is 53.8 Å². The third-order valence-corrected chi connectivity index (χ3v) is 12.8. The van der Waals surface area contributed by atoms with E-state index < -0.39 is 7.14 Å². The van der Waals surface area contributed by atoms with E-state index in [9.17, 15) is 4.57 Å². The van der Waals surface area contributed by atoms with Gasteiger partial charge in [0.2, 0.25) is 5.95 Å². The van der Waals surface area contributed by atoms with Crippen LogP contribution >= 0.6 is 23.1 Å². The van der Waals surface area contributed by atoms with Crippen LogP contribution in [0.1, 0.15) is 25.5 Å². The fourth-order valence-electron chi connectivity index (χ4n) is 7.37. The van der Waals surface area contributed by atoms with E-state index in [1.165, 1.54) is 0 Å². The molecule has 2 aromatic carbocycles. The van der Waals surface area contributed by atoms with Crippen molar-refractivity contribution in [1.82, 2.24) is 39.3 Å². The Bertz CT molecular complexity index is 2140. The number of benzene rings is 2. The summed E-state index contributed by atoms with van der Waals surface area (Å²) in [7, 11) is 3.12. The van der Waals surface area contributed by atoms with E-state index in [-0.39, 0.29) is 0 Å². The van der Waals surface area contributed by atoms with Crippen LogP contribution in [-0.4, -0.2) is 112 Å². The average molecular weight is 817 g/mol. The number of ether oxygens (including phenoxy) is 1. The Hall–Kier alpha value is -4.23. The summed E-state index contributed by atoms with van der Waals surface area (Å²) in [6.07, 6.45) is 7.99. The molecule has 2 fully saturated rings. The highest BCUT2D eigenvalue weighted by Crippen LogP contribution is 2.43. The van der Waals surface area contributed by atoms with E-state index in [2.05, 4.69) is 88.7 Å². The van der Waals surface area contributed by atoms with Crippen molar-refractivity contribution < 1.29 is 9.30 Å². The minimum atomic E-state index is -2.71. The highest BCUT2D eigenvalue weighted by atomic mass is 79.9. The molecule has 0 radical (unpaired) electrons. The van der Waals surface area contributed by atoms with E-state index in [4.69, 9.17) is 9.72 Å². The van der Waals surface area contributed by atoms with Gasteiger partial charge >= 0.3 is 0 Å². The number of likely N-dealkylation sites (N-methyl/N-ethyl adjacent to an activating group) is 1. The Morgan fingerprint density at radius 1 is 0.944 bits per heavy atom. The molecule has 3 aromatic heterocycles. The third kappa shape index (κ3) is 8.22. The normalized spacial score (nSPS) is 16.2. The molecule has 2 N–H and O–H groups in total. The fraction of sp³-hybridized carbons (Fsp3) is 0.436. The van der Waals surface area contributed by atoms with Gasteiger partial charge in [-0.1, -0.05) is 6.07 Å². The molecule has 0 saturated carbocycles. The SMILES string of the molecule is CCn1cc(-c2cc(Nc3ncc(Br)c(Nc4ccc(-c5cc(C)n(C)n5)cc4P(C)(C)=O)n3)c(OC)cc2N2CCC(N3CCN(C)CC3)CC2)cn1. The summed E-state index contributed by atoms with van der Waals surface area (Å²) in [6, 6.07) is 12.8. The maximum atomic E-state index is 13.6. The number of piperazine rings is 1. The lowest BCUT2D eigenvalue weighted by atomic mass is 9.98. The summed E-state index contributed by atoms with van der Waals surface area (Å²) in [5.74, 6) is 1.61. The van der Waals surface area contributed by atoms with Crippen LogP contribution in [0.5, 0.6) is 5.75 Å². The van der Waals surface area contributed by atoms with Crippen molar-refractivity contribution in [2.75, 3.05) is 82.3 Å². The summed E-state index contributed by atoms with van der Waals surface area (Å²) >= 11 is 3.63. The van der Waals surface area contributed by atoms with Crippen LogP contribution in [0.25, 0.3) is 22.4 Å². The quantitative estimate of drug-likeness (QED) is 0.137. The lowest BCUT2D eigenvalue weighted by molar-refractivity contribution is 0.0982. The molecular formula is C39H51BrN11O2P. The number of hydrogen-bond donors (Lipinski definition) is 2. The van der Waals surface area contributed by atoms with Crippen LogP contribution in [-0.2, 0) is 18.2 Å². The fourth-order valence-corrected chi connectivity index (χ4v) is 8.82. The van der Waals surface area contributed by atoms with Gasteiger partial charge in [-0.3, -0.25) is 14.3 Å². The van der Waals surface area contributed by atoms with Crippen LogP contribution in [0.3, 0.4) is 0 Å². The van der Waals surface area contributed by atoms with E-state index in [0.29, 0.717) is 39.0 Å². The van der Waals surface area contributed by atoms with Crippen LogP contribution in [0.4, 0.5) is 28.8 Å². The number of nitrogens with zero attached hydrogens (tertiary/aromatic N) is 9. The van der Waals surface area contributed by atoms with Gasteiger partial charge < -0.3 is 29.7 Å². The summed E-state index contributed by atoms with van der Waals surface area (Å²) < 4.78 is 24.1. The molecule has 286 valence electrons. The monoisotopic (exact) mass is 815 g/mol. The zero-order valence-corrected chi connectivity index (χ0v) is 34.8. The van der Waals surface area contributed by atoms with Gasteiger partial charge in [-0.15, -0.1) is 0 Å². The largest absolute Gasteiger partial charge is 0.494 e. The highest BCUT2D eigenvalue weighted by molar-refractivity contribution is 9.10. The predicted molar refractivity (Wildman–Crippen MR) is 223 cm³/mol. The first-order valence-corrected chi connectivity index (χ1v) is 22.0. The van der Waals surface area contributed by atoms with Crippen molar-refractivity contribution in [3.63, 3.8) is 0 Å². The van der Waals surface area contributed by atoms with Gasteiger partial charge in [0.15, 0.2) is 0 Å². The number of hydrogen-bond acceptors (Lipinski definition) is 11. The second-order valence-electron chi connectivity index (χ2n) is 14.7. The maximum absolute atomic E-state index is 13.6. The smallest absolute Gasteiger partial charge is 0.229 e. The van der Waals surface area contributed by atoms with Gasteiger partial charge in [-0.2, -0.15) is 15.2 Å². The van der Waals surface area contributed by atoms with Crippen LogP contribution in [0, 0.1) is 6.92 Å². The molecule has 2 aliphatic rings. The number of piperidine rings is 1. The Morgan fingerprint density at radius 2 is 1.70 bits per heavy atom. The molecule has 0 spiro atoms. The number of nitrogens with one attached hydrogen (secondary N) is 2. The highest BCUT2D eigenvalue weighted by Gasteiger charge is 2.29. The molecule has 0 bridgehead atoms. The molecule has 5 aromatic rings. The molecule has 0 aliphatic carbocycles. The molecule has 0 amide bonds. The first kappa shape index (κ1) is 38.1. The van der Waals surface area contributed by atoms with Gasteiger partial charge in [0.05, 0.1) is 34.8 Å². The molecule has 54 heavy (non-hydrogen) atoms. The van der Waals surface area contributed by atoms with Crippen molar-refractivity contribution in [2.24, 2.45) is 7.05 Å². The van der Waals surface area contributed by atoms with E-state index in [0.717, 1.165) is 98.1 Å². The van der Waals surface area contributed by atoms with Gasteiger partial charge in [0, 0.05) is 111 Å². The number of aryl methyl sites for hydroxylation is 3. The molecule has 7 rings (SSSR count). The van der Waals surface area contributed by atoms with Crippen molar-refractivity contribution >= 4 is 57.2 Å². The second kappa shape index (κ2) is 15.9. The van der Waals surface area contributed by atoms with Gasteiger partial charge in [-0.05, 0) is 87.3 Å². The van der Waals surface area contributed by atoms with Crippen molar-refractivity contribution in [3.05, 3.63) is 65.2 Å². The minimum absolute atomic E-state index is 0.383. The summed E-state index contributed by atoms with van der Waals surface area (Å²) in [4.78, 5) is 17.1. The zero-order valence-electron chi connectivity index (χ0n) is 32.3. The lowest BCUT2D eigenvalue weighted by Gasteiger charge is -2.43. The molecule has 2 aliphatic heterocycles. The number of rotatable bonds is 11. The topological polar surface area (TPSA) is 122 Å². The molecule has 0 unspecified atom stereocenters. The first-order valence-electron chi connectivity index (χ1n) is 18.6.